The number of rotatable bonds is 5. The maximum absolute atomic E-state index is 12.3. The molecular formula is C16H17NO4S. The van der Waals surface area contributed by atoms with E-state index in [0.717, 1.165) is 5.56 Å². The molecule has 116 valence electrons. The molecule has 22 heavy (non-hydrogen) atoms. The Labute approximate surface area is 129 Å². The van der Waals surface area contributed by atoms with Crippen LogP contribution < -0.4 is 4.72 Å². The fourth-order valence-electron chi connectivity index (χ4n) is 2.05. The second kappa shape index (κ2) is 6.19. The molecule has 0 unspecified atom stereocenters. The molecule has 0 aliphatic rings. The van der Waals surface area contributed by atoms with Crippen LogP contribution in [0, 0.1) is 13.8 Å². The van der Waals surface area contributed by atoms with E-state index in [1.807, 2.05) is 19.1 Å². The van der Waals surface area contributed by atoms with Gasteiger partial charge in [-0.3, -0.25) is 4.72 Å². The van der Waals surface area contributed by atoms with Crippen molar-refractivity contribution in [3.63, 3.8) is 0 Å². The van der Waals surface area contributed by atoms with E-state index in [9.17, 15) is 13.2 Å². The molecule has 2 aromatic rings. The van der Waals surface area contributed by atoms with Crippen LogP contribution in [0.2, 0.25) is 0 Å². The van der Waals surface area contributed by atoms with Crippen LogP contribution in [0.1, 0.15) is 27.0 Å². The third kappa shape index (κ3) is 3.85. The van der Waals surface area contributed by atoms with Gasteiger partial charge in [-0.1, -0.05) is 30.3 Å². The minimum Gasteiger partial charge on any atom is -0.478 e. The van der Waals surface area contributed by atoms with Crippen molar-refractivity contribution >= 4 is 21.7 Å². The monoisotopic (exact) mass is 319 g/mol. The van der Waals surface area contributed by atoms with Gasteiger partial charge in [-0.05, 0) is 42.7 Å². The van der Waals surface area contributed by atoms with Gasteiger partial charge in [0.05, 0.1) is 17.0 Å². The molecule has 0 amide bonds. The van der Waals surface area contributed by atoms with Gasteiger partial charge in [0, 0.05) is 0 Å². The topological polar surface area (TPSA) is 83.5 Å². The van der Waals surface area contributed by atoms with E-state index in [0.29, 0.717) is 11.1 Å². The Kier molecular flexibility index (Phi) is 4.51. The lowest BCUT2D eigenvalue weighted by atomic mass is 10.1. The van der Waals surface area contributed by atoms with Crippen LogP contribution in [0.5, 0.6) is 0 Å². The summed E-state index contributed by atoms with van der Waals surface area (Å²) in [4.78, 5) is 11.0. The number of sulfonamides is 1. The summed E-state index contributed by atoms with van der Waals surface area (Å²) in [6.45, 7) is 3.57. The number of nitrogens with one attached hydrogen (secondary N) is 1. The summed E-state index contributed by atoms with van der Waals surface area (Å²) >= 11 is 0. The van der Waals surface area contributed by atoms with Crippen molar-refractivity contribution in [2.75, 3.05) is 4.72 Å². The van der Waals surface area contributed by atoms with Gasteiger partial charge in [-0.2, -0.15) is 0 Å². The van der Waals surface area contributed by atoms with Gasteiger partial charge in [-0.25, -0.2) is 13.2 Å². The minimum absolute atomic E-state index is 0.0409. The molecule has 2 aromatic carbocycles. The third-order valence-electron chi connectivity index (χ3n) is 3.36. The van der Waals surface area contributed by atoms with Gasteiger partial charge >= 0.3 is 5.97 Å². The zero-order valence-corrected chi connectivity index (χ0v) is 13.1. The average Bonchev–Trinajstić information content (AvgIpc) is 2.43. The largest absolute Gasteiger partial charge is 0.478 e. The lowest BCUT2D eigenvalue weighted by Gasteiger charge is -2.12. The van der Waals surface area contributed by atoms with E-state index in [1.165, 1.54) is 12.1 Å². The molecule has 0 saturated heterocycles. The smallest absolute Gasteiger partial charge is 0.335 e. The molecule has 5 nitrogen and oxygen atoms in total. The van der Waals surface area contributed by atoms with Crippen molar-refractivity contribution in [1.82, 2.24) is 0 Å². The molecule has 0 radical (unpaired) electrons. The number of carboxylic acid groups (broad SMARTS) is 1. The Morgan fingerprint density at radius 2 is 1.77 bits per heavy atom. The van der Waals surface area contributed by atoms with Crippen molar-refractivity contribution in [2.45, 2.75) is 19.6 Å². The lowest BCUT2D eigenvalue weighted by molar-refractivity contribution is 0.0697. The molecule has 0 aromatic heterocycles. The van der Waals surface area contributed by atoms with E-state index in [2.05, 4.69) is 4.72 Å². The summed E-state index contributed by atoms with van der Waals surface area (Å²) in [5.74, 6) is -1.25. The molecule has 6 heteroatoms. The molecule has 0 atom stereocenters. The molecule has 0 heterocycles. The van der Waals surface area contributed by atoms with E-state index < -0.39 is 16.0 Å². The molecule has 0 fully saturated rings. The average molecular weight is 319 g/mol. The van der Waals surface area contributed by atoms with Gasteiger partial charge in [0.15, 0.2) is 0 Å². The van der Waals surface area contributed by atoms with Gasteiger partial charge in [0.25, 0.3) is 0 Å². The highest BCUT2D eigenvalue weighted by Gasteiger charge is 2.15. The van der Waals surface area contributed by atoms with Crippen LogP contribution in [-0.4, -0.2) is 19.5 Å². The maximum atomic E-state index is 12.3. The Hall–Kier alpha value is -2.34. The summed E-state index contributed by atoms with van der Waals surface area (Å²) < 4.78 is 27.1. The number of aryl methyl sites for hydroxylation is 2. The quantitative estimate of drug-likeness (QED) is 0.887. The number of carboxylic acids is 1. The van der Waals surface area contributed by atoms with E-state index >= 15 is 0 Å². The highest BCUT2D eigenvalue weighted by Crippen LogP contribution is 2.20. The zero-order valence-electron chi connectivity index (χ0n) is 12.3. The third-order valence-corrected chi connectivity index (χ3v) is 4.58. The van der Waals surface area contributed by atoms with Crippen molar-refractivity contribution < 1.29 is 18.3 Å². The van der Waals surface area contributed by atoms with Gasteiger partial charge in [0.1, 0.15) is 0 Å². The zero-order chi connectivity index (χ0) is 16.3. The second-order valence-electron chi connectivity index (χ2n) is 5.12. The van der Waals surface area contributed by atoms with Crippen LogP contribution in [0.4, 0.5) is 5.69 Å². The lowest BCUT2D eigenvalue weighted by Crippen LogP contribution is -2.16. The predicted molar refractivity (Wildman–Crippen MR) is 85.6 cm³/mol. The van der Waals surface area contributed by atoms with Crippen LogP contribution in [0.15, 0.2) is 42.5 Å². The Morgan fingerprint density at radius 3 is 2.41 bits per heavy atom. The number of benzene rings is 2. The maximum Gasteiger partial charge on any atom is 0.335 e. The summed E-state index contributed by atoms with van der Waals surface area (Å²) in [6.07, 6.45) is 0. The Morgan fingerprint density at radius 1 is 1.09 bits per heavy atom. The molecule has 0 aliphatic carbocycles. The summed E-state index contributed by atoms with van der Waals surface area (Å²) in [6, 6.07) is 11.6. The molecule has 2 N–H and O–H groups in total. The first-order valence-electron chi connectivity index (χ1n) is 6.67. The molecule has 0 spiro atoms. The molecule has 0 bridgehead atoms. The fourth-order valence-corrected chi connectivity index (χ4v) is 3.41. The summed E-state index contributed by atoms with van der Waals surface area (Å²) in [5, 5.41) is 8.99. The van der Waals surface area contributed by atoms with E-state index in [1.54, 1.807) is 25.1 Å². The van der Waals surface area contributed by atoms with Crippen LogP contribution in [0.3, 0.4) is 0 Å². The van der Waals surface area contributed by atoms with Crippen molar-refractivity contribution in [3.8, 4) is 0 Å². The van der Waals surface area contributed by atoms with Gasteiger partial charge in [0.2, 0.25) is 10.0 Å². The van der Waals surface area contributed by atoms with E-state index in [-0.39, 0.29) is 17.0 Å². The number of carbonyl (C=O) groups is 1. The first kappa shape index (κ1) is 16.0. The standard InChI is InChI=1S/C16H17NO4S/c1-11-5-3-4-6-14(11)10-22(20,21)17-15-9-13(16(18)19)8-7-12(15)2/h3-9,17H,10H2,1-2H3,(H,18,19). The number of anilines is 1. The second-order valence-corrected chi connectivity index (χ2v) is 6.84. The van der Waals surface area contributed by atoms with E-state index in [4.69, 9.17) is 5.11 Å². The molecular weight excluding hydrogens is 302 g/mol. The van der Waals surface area contributed by atoms with Crippen molar-refractivity contribution in [3.05, 3.63) is 64.7 Å². The first-order chi connectivity index (χ1) is 10.3. The van der Waals surface area contributed by atoms with Crippen LogP contribution >= 0.6 is 0 Å². The van der Waals surface area contributed by atoms with Gasteiger partial charge < -0.3 is 5.11 Å². The first-order valence-corrected chi connectivity index (χ1v) is 8.33. The Bertz CT molecular complexity index is 813. The van der Waals surface area contributed by atoms with Crippen molar-refractivity contribution in [1.29, 1.82) is 0 Å². The van der Waals surface area contributed by atoms with Crippen LogP contribution in [0.25, 0.3) is 0 Å². The number of hydrogen-bond acceptors (Lipinski definition) is 3. The summed E-state index contributed by atoms with van der Waals surface area (Å²) in [7, 11) is -3.62. The highest BCUT2D eigenvalue weighted by atomic mass is 32.2. The Balaban J connectivity index is 2.27. The molecule has 0 saturated carbocycles. The van der Waals surface area contributed by atoms with Gasteiger partial charge in [-0.15, -0.1) is 0 Å². The highest BCUT2D eigenvalue weighted by molar-refractivity contribution is 7.91. The van der Waals surface area contributed by atoms with Crippen molar-refractivity contribution in [2.24, 2.45) is 0 Å². The molecule has 0 aliphatic heterocycles. The van der Waals surface area contributed by atoms with Crippen LogP contribution in [-0.2, 0) is 15.8 Å². The minimum atomic E-state index is -3.62. The molecule has 2 rings (SSSR count). The predicted octanol–water partition coefficient (Wildman–Crippen LogP) is 2.94. The number of hydrogen-bond donors (Lipinski definition) is 2. The SMILES string of the molecule is Cc1ccccc1CS(=O)(=O)Nc1cc(C(=O)O)ccc1C. The summed E-state index contributed by atoms with van der Waals surface area (Å²) in [5.41, 5.74) is 2.59. The number of aromatic carboxylic acids is 1. The fraction of sp³-hybridized carbons (Fsp3) is 0.188. The normalized spacial score (nSPS) is 11.2.